The van der Waals surface area contributed by atoms with Crippen molar-refractivity contribution in [2.45, 2.75) is 31.5 Å². The van der Waals surface area contributed by atoms with Crippen LogP contribution in [0.15, 0.2) is 71.7 Å². The summed E-state index contributed by atoms with van der Waals surface area (Å²) < 4.78 is 57.5. The SMILES string of the molecule is CCOc1ccc(N=C2SC(C(=O)Nc3ccc(OC(F)(F)F)cc3)CC(=O)N2Cc2ccc3c(c2)OCO3)cc1. The van der Waals surface area contributed by atoms with E-state index in [1.54, 1.807) is 36.4 Å². The largest absolute Gasteiger partial charge is 0.573 e. The summed E-state index contributed by atoms with van der Waals surface area (Å²) in [7, 11) is 0. The molecule has 9 nitrogen and oxygen atoms in total. The summed E-state index contributed by atoms with van der Waals surface area (Å²) >= 11 is 1.12. The number of thioether (sulfide) groups is 1. The van der Waals surface area contributed by atoms with Crippen molar-refractivity contribution in [3.05, 3.63) is 72.3 Å². The molecule has 2 aliphatic heterocycles. The number of carbonyl (C=O) groups is 2. The quantitative estimate of drug-likeness (QED) is 0.352. The second-order valence-electron chi connectivity index (χ2n) is 8.86. The third-order valence-electron chi connectivity index (χ3n) is 5.94. The zero-order chi connectivity index (χ0) is 29.0. The average Bonchev–Trinajstić information content (AvgIpc) is 3.40. The molecular weight excluding hydrogens is 563 g/mol. The van der Waals surface area contributed by atoms with E-state index in [1.165, 1.54) is 17.0 Å². The van der Waals surface area contributed by atoms with Gasteiger partial charge in [0.05, 0.1) is 18.8 Å². The summed E-state index contributed by atoms with van der Waals surface area (Å²) in [4.78, 5) is 32.7. The molecule has 41 heavy (non-hydrogen) atoms. The van der Waals surface area contributed by atoms with E-state index in [0.717, 1.165) is 29.5 Å². The third kappa shape index (κ3) is 7.23. The highest BCUT2D eigenvalue weighted by atomic mass is 32.2. The molecule has 0 radical (unpaired) electrons. The van der Waals surface area contributed by atoms with Crippen molar-refractivity contribution in [2.24, 2.45) is 4.99 Å². The van der Waals surface area contributed by atoms with Crippen molar-refractivity contribution in [1.82, 2.24) is 4.90 Å². The third-order valence-corrected chi connectivity index (χ3v) is 7.13. The Hall–Kier alpha value is -4.39. The van der Waals surface area contributed by atoms with E-state index in [-0.39, 0.29) is 31.4 Å². The number of anilines is 1. The molecule has 1 saturated heterocycles. The number of hydrogen-bond acceptors (Lipinski definition) is 8. The smallest absolute Gasteiger partial charge is 0.494 e. The molecule has 5 rings (SSSR count). The minimum Gasteiger partial charge on any atom is -0.494 e. The molecule has 0 saturated carbocycles. The first-order valence-electron chi connectivity index (χ1n) is 12.5. The highest BCUT2D eigenvalue weighted by molar-refractivity contribution is 8.15. The monoisotopic (exact) mass is 587 g/mol. The fourth-order valence-electron chi connectivity index (χ4n) is 4.08. The zero-order valence-electron chi connectivity index (χ0n) is 21.6. The summed E-state index contributed by atoms with van der Waals surface area (Å²) in [6.07, 6.45) is -4.94. The van der Waals surface area contributed by atoms with Gasteiger partial charge in [-0.15, -0.1) is 13.2 Å². The van der Waals surface area contributed by atoms with E-state index >= 15 is 0 Å². The molecule has 0 aromatic heterocycles. The standard InChI is InChI=1S/C28H24F3N3O6S/c1-2-37-20-8-4-19(5-9-20)33-27-34(15-17-3-12-22-23(13-17)39-16-38-22)25(35)14-24(41-27)26(36)32-18-6-10-21(11-7-18)40-28(29,30)31/h3-13,24H,2,14-16H2,1H3,(H,32,36). The lowest BCUT2D eigenvalue weighted by atomic mass is 10.1. The van der Waals surface area contributed by atoms with Gasteiger partial charge in [0.2, 0.25) is 18.6 Å². The van der Waals surface area contributed by atoms with E-state index < -0.39 is 23.3 Å². The Labute approximate surface area is 237 Å². The first kappa shape index (κ1) is 28.1. The summed E-state index contributed by atoms with van der Waals surface area (Å²) in [6.45, 7) is 2.70. The van der Waals surface area contributed by atoms with Gasteiger partial charge >= 0.3 is 6.36 Å². The van der Waals surface area contributed by atoms with E-state index in [0.29, 0.717) is 34.7 Å². The van der Waals surface area contributed by atoms with Crippen LogP contribution in [0.3, 0.4) is 0 Å². The van der Waals surface area contributed by atoms with E-state index in [1.807, 2.05) is 13.0 Å². The number of ether oxygens (including phenoxy) is 4. The molecule has 2 aliphatic rings. The summed E-state index contributed by atoms with van der Waals surface area (Å²) in [5, 5.41) is 2.14. The highest BCUT2D eigenvalue weighted by Crippen LogP contribution is 2.35. The Morgan fingerprint density at radius 2 is 1.76 bits per heavy atom. The van der Waals surface area contributed by atoms with Gasteiger partial charge in [-0.05, 0) is 73.2 Å². The second kappa shape index (κ2) is 12.0. The van der Waals surface area contributed by atoms with Crippen LogP contribution in [0.1, 0.15) is 18.9 Å². The molecule has 2 heterocycles. The first-order chi connectivity index (χ1) is 19.7. The number of nitrogens with zero attached hydrogens (tertiary/aromatic N) is 2. The number of nitrogens with one attached hydrogen (secondary N) is 1. The van der Waals surface area contributed by atoms with Crippen LogP contribution in [0.2, 0.25) is 0 Å². The Bertz CT molecular complexity index is 1450. The van der Waals surface area contributed by atoms with Crippen molar-refractivity contribution < 1.29 is 41.7 Å². The number of fused-ring (bicyclic) bond motifs is 1. The van der Waals surface area contributed by atoms with Crippen LogP contribution in [0.4, 0.5) is 24.5 Å². The van der Waals surface area contributed by atoms with Crippen molar-refractivity contribution in [3.63, 3.8) is 0 Å². The number of rotatable bonds is 8. The van der Waals surface area contributed by atoms with Crippen LogP contribution in [0.5, 0.6) is 23.0 Å². The Morgan fingerprint density at radius 1 is 1.05 bits per heavy atom. The fourth-order valence-corrected chi connectivity index (χ4v) is 5.17. The summed E-state index contributed by atoms with van der Waals surface area (Å²) in [6, 6.07) is 17.2. The van der Waals surface area contributed by atoms with Gasteiger partial charge < -0.3 is 24.3 Å². The number of alkyl halides is 3. The van der Waals surface area contributed by atoms with Gasteiger partial charge in [0.25, 0.3) is 0 Å². The molecule has 1 N–H and O–H groups in total. The molecule has 0 spiro atoms. The second-order valence-corrected chi connectivity index (χ2v) is 10.0. The maximum atomic E-state index is 13.4. The highest BCUT2D eigenvalue weighted by Gasteiger charge is 2.36. The molecule has 1 fully saturated rings. The van der Waals surface area contributed by atoms with E-state index in [9.17, 15) is 22.8 Å². The lowest BCUT2D eigenvalue weighted by Gasteiger charge is -2.32. The lowest BCUT2D eigenvalue weighted by molar-refractivity contribution is -0.274. The Kier molecular flexibility index (Phi) is 8.24. The van der Waals surface area contributed by atoms with Crippen LogP contribution < -0.4 is 24.3 Å². The van der Waals surface area contributed by atoms with E-state index in [4.69, 9.17) is 14.2 Å². The lowest BCUT2D eigenvalue weighted by Crippen LogP contribution is -2.44. The van der Waals surface area contributed by atoms with Crippen molar-refractivity contribution >= 4 is 40.1 Å². The summed E-state index contributed by atoms with van der Waals surface area (Å²) in [5.74, 6) is 0.640. The van der Waals surface area contributed by atoms with Crippen LogP contribution in [0.25, 0.3) is 0 Å². The molecule has 13 heteroatoms. The minimum absolute atomic E-state index is 0.112. The molecular formula is C28H24F3N3O6S. The van der Waals surface area contributed by atoms with Crippen molar-refractivity contribution in [1.29, 1.82) is 0 Å². The van der Waals surface area contributed by atoms with Gasteiger partial charge in [-0.3, -0.25) is 14.5 Å². The number of aliphatic imine (C=N–C) groups is 1. The number of carbonyl (C=O) groups excluding carboxylic acids is 2. The van der Waals surface area contributed by atoms with Crippen LogP contribution in [0, 0.1) is 0 Å². The maximum absolute atomic E-state index is 13.4. The van der Waals surface area contributed by atoms with Crippen molar-refractivity contribution in [3.8, 4) is 23.0 Å². The van der Waals surface area contributed by atoms with Gasteiger partial charge in [0, 0.05) is 12.1 Å². The molecule has 2 amide bonds. The number of amidine groups is 1. The van der Waals surface area contributed by atoms with Crippen LogP contribution in [-0.2, 0) is 16.1 Å². The number of halogens is 3. The average molecular weight is 588 g/mol. The zero-order valence-corrected chi connectivity index (χ0v) is 22.5. The molecule has 3 aromatic rings. The van der Waals surface area contributed by atoms with Crippen LogP contribution >= 0.6 is 11.8 Å². The fraction of sp³-hybridized carbons (Fsp3) is 0.250. The predicted molar refractivity (Wildman–Crippen MR) is 146 cm³/mol. The van der Waals surface area contributed by atoms with Crippen molar-refractivity contribution in [2.75, 3.05) is 18.7 Å². The number of amides is 2. The topological polar surface area (TPSA) is 98.7 Å². The molecule has 1 atom stereocenters. The number of hydrogen-bond donors (Lipinski definition) is 1. The molecule has 3 aromatic carbocycles. The number of benzene rings is 3. The predicted octanol–water partition coefficient (Wildman–Crippen LogP) is 5.87. The normalized spacial score (nSPS) is 17.5. The van der Waals surface area contributed by atoms with Gasteiger partial charge in [0.15, 0.2) is 16.7 Å². The summed E-state index contributed by atoms with van der Waals surface area (Å²) in [5.41, 5.74) is 1.60. The van der Waals surface area contributed by atoms with Gasteiger partial charge in [-0.1, -0.05) is 17.8 Å². The molecule has 1 unspecified atom stereocenters. The van der Waals surface area contributed by atoms with Gasteiger partial charge in [0.1, 0.15) is 16.7 Å². The van der Waals surface area contributed by atoms with E-state index in [2.05, 4.69) is 15.0 Å². The van der Waals surface area contributed by atoms with Gasteiger partial charge in [-0.25, -0.2) is 4.99 Å². The maximum Gasteiger partial charge on any atom is 0.573 e. The molecule has 0 aliphatic carbocycles. The Balaban J connectivity index is 1.35. The van der Waals surface area contributed by atoms with Crippen LogP contribution in [-0.4, -0.2) is 46.9 Å². The minimum atomic E-state index is -4.82. The van der Waals surface area contributed by atoms with Gasteiger partial charge in [-0.2, -0.15) is 0 Å². The molecule has 214 valence electrons. The Morgan fingerprint density at radius 3 is 2.46 bits per heavy atom. The molecule has 0 bridgehead atoms. The first-order valence-corrected chi connectivity index (χ1v) is 13.4.